The van der Waals surface area contributed by atoms with E-state index in [2.05, 4.69) is 57.8 Å². The van der Waals surface area contributed by atoms with E-state index in [0.29, 0.717) is 11.3 Å². The van der Waals surface area contributed by atoms with Gasteiger partial charge in [-0.15, -0.1) is 0 Å². The third-order valence-corrected chi connectivity index (χ3v) is 6.11. The lowest BCUT2D eigenvalue weighted by Gasteiger charge is -2.28. The van der Waals surface area contributed by atoms with E-state index >= 15 is 0 Å². The quantitative estimate of drug-likeness (QED) is 0.562. The molecule has 2 aromatic carbocycles. The number of ether oxygens (including phenoxy) is 1. The Kier molecular flexibility index (Phi) is 7.51. The molecule has 2 aromatic rings. The Hall–Kier alpha value is -2.82. The van der Waals surface area contributed by atoms with Gasteiger partial charge in [0.05, 0.1) is 5.56 Å². The molecule has 33 heavy (non-hydrogen) atoms. The minimum absolute atomic E-state index is 0.103. The fraction of sp³-hybridized carbons (Fsp3) is 0.500. The highest BCUT2D eigenvalue weighted by atomic mass is 16.5. The lowest BCUT2D eigenvalue weighted by Crippen LogP contribution is -2.29. The molecule has 1 aliphatic heterocycles. The molecule has 5 heteroatoms. The second-order valence-corrected chi connectivity index (χ2v) is 11.0. The predicted molar refractivity (Wildman–Crippen MR) is 135 cm³/mol. The van der Waals surface area contributed by atoms with Crippen molar-refractivity contribution in [1.29, 1.82) is 0 Å². The van der Waals surface area contributed by atoms with Crippen LogP contribution in [0.15, 0.2) is 42.5 Å². The van der Waals surface area contributed by atoms with Crippen molar-refractivity contribution in [2.75, 3.05) is 29.9 Å². The standard InChI is InChI=1S/C28H38N2O3/c1-27(2,3)21-16-20(17-22(18-21)28(4,5)6)26(32)33-19-25(31)29-23-10-12-24(13-11-23)30-14-8-7-9-15-30/h10-13,16-18H,7-9,14-15,19H2,1-6H3,(H,29,31). The fourth-order valence-corrected chi connectivity index (χ4v) is 3.93. The molecule has 0 aromatic heterocycles. The maximum atomic E-state index is 12.8. The highest BCUT2D eigenvalue weighted by molar-refractivity contribution is 5.95. The number of esters is 1. The lowest BCUT2D eigenvalue weighted by atomic mass is 9.79. The van der Waals surface area contributed by atoms with Gasteiger partial charge in [-0.2, -0.15) is 0 Å². The lowest BCUT2D eigenvalue weighted by molar-refractivity contribution is -0.119. The predicted octanol–water partition coefficient (Wildman–Crippen LogP) is 6.07. The number of rotatable bonds is 5. The van der Waals surface area contributed by atoms with E-state index in [4.69, 9.17) is 4.74 Å². The van der Waals surface area contributed by atoms with E-state index in [1.54, 1.807) is 0 Å². The van der Waals surface area contributed by atoms with Crippen LogP contribution >= 0.6 is 0 Å². The Bertz CT molecular complexity index is 943. The number of anilines is 2. The zero-order valence-corrected chi connectivity index (χ0v) is 21.0. The van der Waals surface area contributed by atoms with Crippen LogP contribution in [0.1, 0.15) is 82.3 Å². The monoisotopic (exact) mass is 450 g/mol. The molecule has 5 nitrogen and oxygen atoms in total. The van der Waals surface area contributed by atoms with Crippen LogP contribution in [0.4, 0.5) is 11.4 Å². The van der Waals surface area contributed by atoms with E-state index < -0.39 is 5.97 Å². The van der Waals surface area contributed by atoms with Gasteiger partial charge >= 0.3 is 5.97 Å². The van der Waals surface area contributed by atoms with Crippen LogP contribution < -0.4 is 10.2 Å². The third-order valence-electron chi connectivity index (χ3n) is 6.11. The van der Waals surface area contributed by atoms with Crippen LogP contribution in [0.2, 0.25) is 0 Å². The maximum Gasteiger partial charge on any atom is 0.338 e. The van der Waals surface area contributed by atoms with E-state index in [-0.39, 0.29) is 23.3 Å². The summed E-state index contributed by atoms with van der Waals surface area (Å²) in [5.74, 6) is -0.834. The summed E-state index contributed by atoms with van der Waals surface area (Å²) in [4.78, 5) is 27.5. The zero-order valence-electron chi connectivity index (χ0n) is 21.0. The molecule has 0 bridgehead atoms. The molecule has 0 atom stereocenters. The summed E-state index contributed by atoms with van der Waals surface area (Å²) in [6, 6.07) is 13.7. The van der Waals surface area contributed by atoms with Crippen LogP contribution in [0.25, 0.3) is 0 Å². The van der Waals surface area contributed by atoms with Crippen molar-refractivity contribution in [3.8, 4) is 0 Å². The second kappa shape index (κ2) is 9.98. The zero-order chi connectivity index (χ0) is 24.2. The fourth-order valence-electron chi connectivity index (χ4n) is 3.93. The minimum atomic E-state index is -0.484. The van der Waals surface area contributed by atoms with E-state index in [0.717, 1.165) is 24.2 Å². The SMILES string of the molecule is CC(C)(C)c1cc(C(=O)OCC(=O)Nc2ccc(N3CCCCC3)cc2)cc(C(C)(C)C)c1. The number of hydrogen-bond donors (Lipinski definition) is 1. The molecule has 1 aliphatic rings. The van der Waals surface area contributed by atoms with E-state index in [1.165, 1.54) is 24.9 Å². The van der Waals surface area contributed by atoms with Crippen molar-refractivity contribution < 1.29 is 14.3 Å². The molecular weight excluding hydrogens is 412 g/mol. The summed E-state index contributed by atoms with van der Waals surface area (Å²) in [7, 11) is 0. The summed E-state index contributed by atoms with van der Waals surface area (Å²) in [6.45, 7) is 14.5. The van der Waals surface area contributed by atoms with E-state index in [1.807, 2.05) is 36.4 Å². The molecule has 178 valence electrons. The van der Waals surface area contributed by atoms with Crippen molar-refractivity contribution in [1.82, 2.24) is 0 Å². The molecule has 1 N–H and O–H groups in total. The Morgan fingerprint density at radius 2 is 1.39 bits per heavy atom. The minimum Gasteiger partial charge on any atom is -0.452 e. The normalized spacial score (nSPS) is 14.7. The van der Waals surface area contributed by atoms with E-state index in [9.17, 15) is 9.59 Å². The van der Waals surface area contributed by atoms with Crippen LogP contribution in [-0.2, 0) is 20.4 Å². The Morgan fingerprint density at radius 1 is 0.848 bits per heavy atom. The summed E-state index contributed by atoms with van der Waals surface area (Å²) in [5, 5.41) is 2.82. The van der Waals surface area contributed by atoms with Crippen LogP contribution in [-0.4, -0.2) is 31.6 Å². The van der Waals surface area contributed by atoms with Gasteiger partial charge in [0.25, 0.3) is 5.91 Å². The first-order chi connectivity index (χ1) is 15.4. The number of nitrogens with one attached hydrogen (secondary N) is 1. The summed E-state index contributed by atoms with van der Waals surface area (Å²) in [5.41, 5.74) is 4.28. The van der Waals surface area contributed by atoms with Gasteiger partial charge in [-0.05, 0) is 77.6 Å². The van der Waals surface area contributed by atoms with Gasteiger partial charge in [0.1, 0.15) is 0 Å². The number of piperidine rings is 1. The van der Waals surface area contributed by atoms with Crippen molar-refractivity contribution in [2.45, 2.75) is 71.6 Å². The number of carbonyl (C=O) groups is 2. The molecular formula is C28H38N2O3. The molecule has 1 amide bonds. The molecule has 3 rings (SSSR count). The average Bonchev–Trinajstić information content (AvgIpc) is 2.77. The van der Waals surface area contributed by atoms with Gasteiger partial charge in [-0.1, -0.05) is 47.6 Å². The summed E-state index contributed by atoms with van der Waals surface area (Å²) >= 11 is 0. The number of benzene rings is 2. The van der Waals surface area contributed by atoms with Gasteiger partial charge < -0.3 is 15.0 Å². The van der Waals surface area contributed by atoms with Gasteiger partial charge in [0, 0.05) is 24.5 Å². The third kappa shape index (κ3) is 6.83. The second-order valence-electron chi connectivity index (χ2n) is 11.0. The number of nitrogens with zero attached hydrogens (tertiary/aromatic N) is 1. The smallest absolute Gasteiger partial charge is 0.338 e. The number of carbonyl (C=O) groups excluding carboxylic acids is 2. The van der Waals surface area contributed by atoms with Crippen LogP contribution in [0.5, 0.6) is 0 Å². The van der Waals surface area contributed by atoms with Crippen molar-refractivity contribution in [3.63, 3.8) is 0 Å². The molecule has 0 aliphatic carbocycles. The molecule has 1 saturated heterocycles. The van der Waals surface area contributed by atoms with Gasteiger partial charge in [-0.25, -0.2) is 4.79 Å². The number of amides is 1. The topological polar surface area (TPSA) is 58.6 Å². The van der Waals surface area contributed by atoms with Crippen molar-refractivity contribution in [2.24, 2.45) is 0 Å². The van der Waals surface area contributed by atoms with Gasteiger partial charge in [-0.3, -0.25) is 4.79 Å². The molecule has 0 spiro atoms. The highest BCUT2D eigenvalue weighted by Gasteiger charge is 2.23. The first-order valence-corrected chi connectivity index (χ1v) is 11.9. The Balaban J connectivity index is 1.61. The molecule has 1 heterocycles. The maximum absolute atomic E-state index is 12.8. The highest BCUT2D eigenvalue weighted by Crippen LogP contribution is 2.30. The Labute approximate surface area is 198 Å². The average molecular weight is 451 g/mol. The molecule has 0 unspecified atom stereocenters. The van der Waals surface area contributed by atoms with Gasteiger partial charge in [0.15, 0.2) is 6.61 Å². The van der Waals surface area contributed by atoms with Crippen molar-refractivity contribution in [3.05, 3.63) is 59.2 Å². The summed E-state index contributed by atoms with van der Waals surface area (Å²) in [6.07, 6.45) is 3.74. The first kappa shape index (κ1) is 24.8. The largest absolute Gasteiger partial charge is 0.452 e. The molecule has 0 radical (unpaired) electrons. The molecule has 0 saturated carbocycles. The number of hydrogen-bond acceptors (Lipinski definition) is 4. The molecule has 1 fully saturated rings. The van der Waals surface area contributed by atoms with Crippen molar-refractivity contribution >= 4 is 23.3 Å². The first-order valence-electron chi connectivity index (χ1n) is 11.9. The van der Waals surface area contributed by atoms with Crippen LogP contribution in [0.3, 0.4) is 0 Å². The van der Waals surface area contributed by atoms with Gasteiger partial charge in [0.2, 0.25) is 0 Å². The van der Waals surface area contributed by atoms with Crippen LogP contribution in [0, 0.1) is 0 Å². The Morgan fingerprint density at radius 3 is 1.91 bits per heavy atom. The summed E-state index contributed by atoms with van der Waals surface area (Å²) < 4.78 is 5.36.